The van der Waals surface area contributed by atoms with Crippen molar-refractivity contribution in [2.75, 3.05) is 5.32 Å². The van der Waals surface area contributed by atoms with Gasteiger partial charge in [-0.25, -0.2) is 5.43 Å². The van der Waals surface area contributed by atoms with E-state index in [1.165, 1.54) is 11.8 Å². The number of ether oxygens (including phenoxy) is 1. The minimum absolute atomic E-state index is 0.249. The third-order valence-corrected chi connectivity index (χ3v) is 7.14. The van der Waals surface area contributed by atoms with Gasteiger partial charge in [-0.3, -0.25) is 4.79 Å². The predicted molar refractivity (Wildman–Crippen MR) is 160 cm³/mol. The molecule has 0 fully saturated rings. The summed E-state index contributed by atoms with van der Waals surface area (Å²) in [4.78, 5) is 12.8. The summed E-state index contributed by atoms with van der Waals surface area (Å²) in [5.74, 6) is 1.18. The van der Waals surface area contributed by atoms with Gasteiger partial charge in [-0.2, -0.15) is 5.10 Å². The molecule has 0 aliphatic rings. The number of carbonyl (C=O) groups excluding carboxylic acids is 1. The highest BCUT2D eigenvalue weighted by Crippen LogP contribution is 2.23. The van der Waals surface area contributed by atoms with E-state index in [1.54, 1.807) is 19.2 Å². The maximum absolute atomic E-state index is 12.8. The fourth-order valence-corrected chi connectivity index (χ4v) is 4.88. The van der Waals surface area contributed by atoms with Gasteiger partial charge < -0.3 is 14.6 Å². The molecule has 1 amide bonds. The summed E-state index contributed by atoms with van der Waals surface area (Å²) in [6.07, 6.45) is 3.36. The van der Waals surface area contributed by atoms with Crippen molar-refractivity contribution in [3.8, 4) is 5.75 Å². The first-order chi connectivity index (χ1) is 19.0. The number of aromatic nitrogens is 3. The Labute approximate surface area is 240 Å². The van der Waals surface area contributed by atoms with Gasteiger partial charge >= 0.3 is 0 Å². The molecule has 3 aromatic carbocycles. The molecule has 10 heteroatoms. The molecule has 1 aromatic heterocycles. The number of para-hydroxylation sites is 2. The normalized spacial score (nSPS) is 11.7. The summed E-state index contributed by atoms with van der Waals surface area (Å²) in [7, 11) is 0. The van der Waals surface area contributed by atoms with E-state index in [2.05, 4.69) is 48.6 Å². The quantitative estimate of drug-likeness (QED) is 0.0835. The zero-order valence-electron chi connectivity index (χ0n) is 21.5. The Hall–Kier alpha value is -3.89. The van der Waals surface area contributed by atoms with Crippen LogP contribution < -0.4 is 15.5 Å². The fourth-order valence-electron chi connectivity index (χ4n) is 3.56. The first kappa shape index (κ1) is 28.1. The van der Waals surface area contributed by atoms with E-state index in [9.17, 15) is 4.79 Å². The van der Waals surface area contributed by atoms with Crippen LogP contribution in [-0.4, -0.2) is 32.1 Å². The molecule has 1 heterocycles. The zero-order valence-corrected chi connectivity index (χ0v) is 23.9. The van der Waals surface area contributed by atoms with Gasteiger partial charge in [0.15, 0.2) is 11.0 Å². The van der Waals surface area contributed by atoms with Crippen LogP contribution >= 0.6 is 27.7 Å². The number of thioether (sulfide) groups is 1. The van der Waals surface area contributed by atoms with Gasteiger partial charge in [-0.05, 0) is 48.9 Å². The molecule has 0 spiro atoms. The molecular weight excluding hydrogens is 576 g/mol. The SMILES string of the molecule is C=CCn1c(CNc2ccccc2)nnc1S[C@@H](C)C(=O)N/N=C\c1ccccc1OCc1cccc(Br)c1. The number of benzene rings is 3. The molecular formula is C29H29BrN6O2S. The molecule has 0 unspecified atom stereocenters. The second-order valence-corrected chi connectivity index (χ2v) is 10.7. The Morgan fingerprint density at radius 3 is 2.72 bits per heavy atom. The Kier molecular flexibility index (Phi) is 10.3. The van der Waals surface area contributed by atoms with Crippen molar-refractivity contribution >= 4 is 45.5 Å². The van der Waals surface area contributed by atoms with Crippen molar-refractivity contribution in [1.29, 1.82) is 0 Å². The van der Waals surface area contributed by atoms with Crippen molar-refractivity contribution in [2.45, 2.75) is 37.0 Å². The molecule has 1 atom stereocenters. The van der Waals surface area contributed by atoms with Crippen molar-refractivity contribution in [1.82, 2.24) is 20.2 Å². The Bertz CT molecular complexity index is 1430. The van der Waals surface area contributed by atoms with Crippen molar-refractivity contribution in [3.63, 3.8) is 0 Å². The van der Waals surface area contributed by atoms with Gasteiger partial charge in [0, 0.05) is 22.3 Å². The van der Waals surface area contributed by atoms with Gasteiger partial charge in [0.25, 0.3) is 5.91 Å². The van der Waals surface area contributed by atoms with Crippen LogP contribution in [0.25, 0.3) is 0 Å². The van der Waals surface area contributed by atoms with Crippen LogP contribution in [0.1, 0.15) is 23.9 Å². The number of allylic oxidation sites excluding steroid dienone is 1. The Balaban J connectivity index is 1.34. The van der Waals surface area contributed by atoms with Gasteiger partial charge in [0.05, 0.1) is 18.0 Å². The van der Waals surface area contributed by atoms with Crippen LogP contribution in [0.4, 0.5) is 5.69 Å². The lowest BCUT2D eigenvalue weighted by Gasteiger charge is -2.12. The van der Waals surface area contributed by atoms with Gasteiger partial charge in [0.2, 0.25) is 0 Å². The molecule has 0 saturated heterocycles. The van der Waals surface area contributed by atoms with Crippen LogP contribution in [0.3, 0.4) is 0 Å². The Morgan fingerprint density at radius 2 is 1.92 bits per heavy atom. The third kappa shape index (κ3) is 8.30. The first-order valence-corrected chi connectivity index (χ1v) is 14.0. The standard InChI is InChI=1S/C29H29BrN6O2S/c1-3-16-36-27(19-31-25-13-5-4-6-14-25)33-35-29(36)39-21(2)28(37)34-32-18-23-11-7-8-15-26(23)38-20-22-10-9-12-24(30)17-22/h3-15,17-18,21,31H,1,16,19-20H2,2H3,(H,34,37)/b32-18-/t21-/m0/s1. The lowest BCUT2D eigenvalue weighted by atomic mass is 10.2. The highest BCUT2D eigenvalue weighted by molar-refractivity contribution is 9.10. The number of amides is 1. The summed E-state index contributed by atoms with van der Waals surface area (Å²) in [5.41, 5.74) is 5.41. The monoisotopic (exact) mass is 604 g/mol. The number of halogens is 1. The molecule has 2 N–H and O–H groups in total. The summed E-state index contributed by atoms with van der Waals surface area (Å²) >= 11 is 4.79. The second-order valence-electron chi connectivity index (χ2n) is 8.47. The second kappa shape index (κ2) is 14.3. The molecule has 0 radical (unpaired) electrons. The van der Waals surface area contributed by atoms with E-state index in [1.807, 2.05) is 83.4 Å². The molecule has 0 saturated carbocycles. The minimum atomic E-state index is -0.451. The van der Waals surface area contributed by atoms with Crippen LogP contribution in [0.5, 0.6) is 5.75 Å². The number of nitrogens with one attached hydrogen (secondary N) is 2. The molecule has 0 bridgehead atoms. The van der Waals surface area contributed by atoms with E-state index in [0.29, 0.717) is 30.6 Å². The van der Waals surface area contributed by atoms with E-state index in [4.69, 9.17) is 4.74 Å². The Morgan fingerprint density at radius 1 is 1.13 bits per heavy atom. The molecule has 8 nitrogen and oxygen atoms in total. The smallest absolute Gasteiger partial charge is 0.253 e. The highest BCUT2D eigenvalue weighted by Gasteiger charge is 2.19. The lowest BCUT2D eigenvalue weighted by molar-refractivity contribution is -0.120. The van der Waals surface area contributed by atoms with Crippen molar-refractivity contribution < 1.29 is 9.53 Å². The molecule has 39 heavy (non-hydrogen) atoms. The van der Waals surface area contributed by atoms with Crippen LogP contribution in [-0.2, 0) is 24.5 Å². The number of nitrogens with zero attached hydrogens (tertiary/aromatic N) is 4. The van der Waals surface area contributed by atoms with Gasteiger partial charge in [-0.15, -0.1) is 16.8 Å². The molecule has 4 rings (SSSR count). The van der Waals surface area contributed by atoms with Crippen LogP contribution in [0.2, 0.25) is 0 Å². The molecule has 200 valence electrons. The minimum Gasteiger partial charge on any atom is -0.488 e. The van der Waals surface area contributed by atoms with Crippen LogP contribution in [0.15, 0.2) is 106 Å². The van der Waals surface area contributed by atoms with E-state index in [0.717, 1.165) is 27.1 Å². The number of carbonyl (C=O) groups is 1. The highest BCUT2D eigenvalue weighted by atomic mass is 79.9. The third-order valence-electron chi connectivity index (χ3n) is 5.56. The van der Waals surface area contributed by atoms with Crippen LogP contribution in [0, 0.1) is 0 Å². The summed E-state index contributed by atoms with van der Waals surface area (Å²) in [6, 6.07) is 25.4. The average Bonchev–Trinajstić information content (AvgIpc) is 3.32. The van der Waals surface area contributed by atoms with E-state index >= 15 is 0 Å². The van der Waals surface area contributed by atoms with E-state index < -0.39 is 5.25 Å². The maximum Gasteiger partial charge on any atom is 0.253 e. The summed E-state index contributed by atoms with van der Waals surface area (Å²) in [5, 5.41) is 16.3. The predicted octanol–water partition coefficient (Wildman–Crippen LogP) is 6.05. The summed E-state index contributed by atoms with van der Waals surface area (Å²) < 4.78 is 8.93. The number of hydrazone groups is 1. The first-order valence-electron chi connectivity index (χ1n) is 12.3. The fraction of sp³-hybridized carbons (Fsp3) is 0.172. The average molecular weight is 606 g/mol. The van der Waals surface area contributed by atoms with Gasteiger partial charge in [0.1, 0.15) is 12.4 Å². The van der Waals surface area contributed by atoms with Gasteiger partial charge in [-0.1, -0.05) is 76.2 Å². The molecule has 0 aliphatic carbocycles. The van der Waals surface area contributed by atoms with Crippen molar-refractivity contribution in [2.24, 2.45) is 5.10 Å². The lowest BCUT2D eigenvalue weighted by Crippen LogP contribution is -2.27. The van der Waals surface area contributed by atoms with E-state index in [-0.39, 0.29) is 5.91 Å². The molecule has 0 aliphatic heterocycles. The summed E-state index contributed by atoms with van der Waals surface area (Å²) in [6.45, 7) is 7.10. The largest absolute Gasteiger partial charge is 0.488 e. The zero-order chi connectivity index (χ0) is 27.5. The number of anilines is 1. The number of hydrogen-bond donors (Lipinski definition) is 2. The van der Waals surface area contributed by atoms with Crippen molar-refractivity contribution in [3.05, 3.63) is 113 Å². The topological polar surface area (TPSA) is 93.4 Å². The number of rotatable bonds is 13. The maximum atomic E-state index is 12.8. The number of hydrogen-bond acceptors (Lipinski definition) is 7. The molecule has 4 aromatic rings.